The van der Waals surface area contributed by atoms with Gasteiger partial charge >= 0.3 is 6.09 Å². The molecule has 0 radical (unpaired) electrons. The summed E-state index contributed by atoms with van der Waals surface area (Å²) in [6.45, 7) is 8.12. The fourth-order valence-corrected chi connectivity index (χ4v) is 3.70. The number of carbonyl (C=O) groups excluding carboxylic acids is 1. The van der Waals surface area contributed by atoms with Gasteiger partial charge in [-0.2, -0.15) is 0 Å². The highest BCUT2D eigenvalue weighted by Gasteiger charge is 2.28. The van der Waals surface area contributed by atoms with Gasteiger partial charge in [-0.3, -0.25) is 4.90 Å². The summed E-state index contributed by atoms with van der Waals surface area (Å²) in [5.74, 6) is 0. The number of hydrogen-bond acceptors (Lipinski definition) is 2. The van der Waals surface area contributed by atoms with Crippen LogP contribution in [0.5, 0.6) is 0 Å². The highest BCUT2D eigenvalue weighted by atomic mass is 79.9. The molecule has 0 saturated heterocycles. The second-order valence-corrected chi connectivity index (χ2v) is 6.92. The largest absolute Gasteiger partial charge is 0.445 e. The molecule has 0 N–H and O–H groups in total. The molecular weight excluding hydrogens is 414 g/mol. The van der Waals surface area contributed by atoms with Crippen LogP contribution in [-0.4, -0.2) is 17.5 Å². The molecule has 2 rings (SSSR count). The molecule has 0 fully saturated rings. The lowest BCUT2D eigenvalue weighted by Gasteiger charge is -2.31. The third kappa shape index (κ3) is 5.23. The zero-order chi connectivity index (χ0) is 18.9. The number of hydrogen-bond donors (Lipinski definition) is 0. The van der Waals surface area contributed by atoms with Crippen molar-refractivity contribution in [3.8, 4) is 0 Å². The second kappa shape index (κ2) is 10.2. The van der Waals surface area contributed by atoms with Crippen LogP contribution in [0.25, 0.3) is 0 Å². The zero-order valence-electron chi connectivity index (χ0n) is 14.4. The molecule has 0 aliphatic carbocycles. The van der Waals surface area contributed by atoms with E-state index in [2.05, 4.69) is 29.1 Å². The summed E-state index contributed by atoms with van der Waals surface area (Å²) in [6, 6.07) is 14.8. The SMILES string of the molecule is C=CCC(c1c(Cl)cccc1Br)N(CC=C)C(=O)OCc1ccccc1. The van der Waals surface area contributed by atoms with Gasteiger partial charge in [0.1, 0.15) is 6.61 Å². The van der Waals surface area contributed by atoms with Gasteiger partial charge in [-0.25, -0.2) is 4.79 Å². The van der Waals surface area contributed by atoms with Crippen LogP contribution in [0.15, 0.2) is 78.3 Å². The standard InChI is InChI=1S/C21H21BrClNO2/c1-3-9-19(20-17(22)12-8-13-18(20)23)24(14-4-2)21(25)26-15-16-10-6-5-7-11-16/h3-8,10-13,19H,1-2,9,14-15H2. The fourth-order valence-electron chi connectivity index (χ4n) is 2.66. The molecule has 5 heteroatoms. The molecule has 0 aliphatic rings. The Kier molecular flexibility index (Phi) is 7.95. The zero-order valence-corrected chi connectivity index (χ0v) is 16.7. The molecule has 1 unspecified atom stereocenters. The van der Waals surface area contributed by atoms with E-state index in [0.717, 1.165) is 15.6 Å². The number of benzene rings is 2. The molecule has 136 valence electrons. The summed E-state index contributed by atoms with van der Waals surface area (Å²) < 4.78 is 6.35. The fraction of sp³-hybridized carbons (Fsp3) is 0.190. The third-order valence-electron chi connectivity index (χ3n) is 3.86. The summed E-state index contributed by atoms with van der Waals surface area (Å²) in [7, 11) is 0. The lowest BCUT2D eigenvalue weighted by atomic mass is 10.0. The van der Waals surface area contributed by atoms with Crippen molar-refractivity contribution in [1.82, 2.24) is 4.90 Å². The number of ether oxygens (including phenoxy) is 1. The molecular formula is C21H21BrClNO2. The topological polar surface area (TPSA) is 29.5 Å². The van der Waals surface area contributed by atoms with E-state index in [9.17, 15) is 4.79 Å². The molecule has 2 aromatic carbocycles. The van der Waals surface area contributed by atoms with Crippen LogP contribution in [0.2, 0.25) is 5.02 Å². The molecule has 0 aromatic heterocycles. The van der Waals surface area contributed by atoms with Crippen LogP contribution in [-0.2, 0) is 11.3 Å². The van der Waals surface area contributed by atoms with Gasteiger partial charge in [-0.1, -0.05) is 76.1 Å². The summed E-state index contributed by atoms with van der Waals surface area (Å²) in [4.78, 5) is 14.4. The molecule has 0 aliphatic heterocycles. The first-order valence-electron chi connectivity index (χ1n) is 8.21. The van der Waals surface area contributed by atoms with Crippen molar-refractivity contribution < 1.29 is 9.53 Å². The summed E-state index contributed by atoms with van der Waals surface area (Å²) >= 11 is 9.95. The van der Waals surface area contributed by atoms with Gasteiger partial charge in [0.2, 0.25) is 0 Å². The van der Waals surface area contributed by atoms with Crippen LogP contribution < -0.4 is 0 Å². The first-order valence-corrected chi connectivity index (χ1v) is 9.38. The van der Waals surface area contributed by atoms with Crippen LogP contribution in [0.4, 0.5) is 4.79 Å². The molecule has 2 aromatic rings. The highest BCUT2D eigenvalue weighted by molar-refractivity contribution is 9.10. The second-order valence-electron chi connectivity index (χ2n) is 5.66. The molecule has 0 spiro atoms. The Bertz CT molecular complexity index is 744. The monoisotopic (exact) mass is 433 g/mol. The van der Waals surface area contributed by atoms with E-state index in [1.165, 1.54) is 0 Å². The predicted octanol–water partition coefficient (Wildman–Crippen LogP) is 6.54. The Morgan fingerprint density at radius 1 is 1.15 bits per heavy atom. The Labute approximate surface area is 168 Å². The van der Waals surface area contributed by atoms with E-state index < -0.39 is 6.09 Å². The normalized spacial score (nSPS) is 11.5. The van der Waals surface area contributed by atoms with Crippen LogP contribution in [0.3, 0.4) is 0 Å². The minimum absolute atomic E-state index is 0.206. The Morgan fingerprint density at radius 2 is 1.88 bits per heavy atom. The van der Waals surface area contributed by atoms with Gasteiger partial charge in [0.15, 0.2) is 0 Å². The van der Waals surface area contributed by atoms with Gasteiger partial charge in [0.25, 0.3) is 0 Å². The van der Waals surface area contributed by atoms with Crippen molar-refractivity contribution in [2.75, 3.05) is 6.54 Å². The lowest BCUT2D eigenvalue weighted by molar-refractivity contribution is 0.0851. The molecule has 1 atom stereocenters. The predicted molar refractivity (Wildman–Crippen MR) is 110 cm³/mol. The molecule has 0 bridgehead atoms. The van der Waals surface area contributed by atoms with Crippen LogP contribution in [0, 0.1) is 0 Å². The number of amides is 1. The summed E-state index contributed by atoms with van der Waals surface area (Å²) in [5.41, 5.74) is 1.76. The molecule has 1 amide bonds. The van der Waals surface area contributed by atoms with Crippen LogP contribution >= 0.6 is 27.5 Å². The van der Waals surface area contributed by atoms with E-state index in [-0.39, 0.29) is 12.6 Å². The van der Waals surface area contributed by atoms with E-state index in [1.807, 2.05) is 42.5 Å². The Balaban J connectivity index is 2.27. The molecule has 0 saturated carbocycles. The minimum Gasteiger partial charge on any atom is -0.445 e. The molecule has 26 heavy (non-hydrogen) atoms. The first kappa shape index (κ1) is 20.3. The van der Waals surface area contributed by atoms with Gasteiger partial charge in [0.05, 0.1) is 6.04 Å². The average Bonchev–Trinajstić information content (AvgIpc) is 2.64. The quantitative estimate of drug-likeness (QED) is 0.441. The molecule has 0 heterocycles. The van der Waals surface area contributed by atoms with E-state index in [0.29, 0.717) is 18.0 Å². The van der Waals surface area contributed by atoms with Crippen molar-refractivity contribution in [3.05, 3.63) is 94.5 Å². The molecule has 3 nitrogen and oxygen atoms in total. The summed E-state index contributed by atoms with van der Waals surface area (Å²) in [5, 5.41) is 0.580. The van der Waals surface area contributed by atoms with Crippen molar-refractivity contribution in [2.24, 2.45) is 0 Å². The number of rotatable bonds is 8. The minimum atomic E-state index is -0.424. The van der Waals surface area contributed by atoms with Crippen molar-refractivity contribution in [3.63, 3.8) is 0 Å². The highest BCUT2D eigenvalue weighted by Crippen LogP contribution is 2.36. The number of nitrogens with zero attached hydrogens (tertiary/aromatic N) is 1. The maximum atomic E-state index is 12.8. The third-order valence-corrected chi connectivity index (χ3v) is 4.89. The lowest BCUT2D eigenvalue weighted by Crippen LogP contribution is -2.35. The van der Waals surface area contributed by atoms with Crippen molar-refractivity contribution >= 4 is 33.6 Å². The maximum absolute atomic E-state index is 12.8. The smallest absolute Gasteiger partial charge is 0.410 e. The number of halogens is 2. The van der Waals surface area contributed by atoms with E-state index >= 15 is 0 Å². The van der Waals surface area contributed by atoms with Crippen molar-refractivity contribution in [1.29, 1.82) is 0 Å². The first-order chi connectivity index (χ1) is 12.6. The van der Waals surface area contributed by atoms with Gasteiger partial charge in [0, 0.05) is 21.6 Å². The Hall–Kier alpha value is -2.04. The van der Waals surface area contributed by atoms with Crippen molar-refractivity contribution in [2.45, 2.75) is 19.1 Å². The number of carbonyl (C=O) groups is 1. The Morgan fingerprint density at radius 3 is 2.50 bits per heavy atom. The van der Waals surface area contributed by atoms with Gasteiger partial charge in [-0.15, -0.1) is 13.2 Å². The maximum Gasteiger partial charge on any atom is 0.410 e. The summed E-state index contributed by atoms with van der Waals surface area (Å²) in [6.07, 6.45) is 3.55. The average molecular weight is 435 g/mol. The van der Waals surface area contributed by atoms with Crippen LogP contribution in [0.1, 0.15) is 23.6 Å². The van der Waals surface area contributed by atoms with E-state index in [4.69, 9.17) is 16.3 Å². The van der Waals surface area contributed by atoms with E-state index in [1.54, 1.807) is 23.1 Å². The van der Waals surface area contributed by atoms with Gasteiger partial charge < -0.3 is 4.74 Å². The van der Waals surface area contributed by atoms with Gasteiger partial charge in [-0.05, 0) is 24.1 Å².